The van der Waals surface area contributed by atoms with Gasteiger partial charge in [0.1, 0.15) is 16.5 Å². The number of halogens is 1. The van der Waals surface area contributed by atoms with Gasteiger partial charge in [-0.15, -0.1) is 0 Å². The summed E-state index contributed by atoms with van der Waals surface area (Å²) in [5, 5.41) is 13.4. The molecular formula is C26H31ClN6O3. The Hall–Kier alpha value is -3.46. The van der Waals surface area contributed by atoms with E-state index in [-0.39, 0.29) is 11.8 Å². The maximum Gasteiger partial charge on any atom is 0.408 e. The molecule has 1 saturated heterocycles. The smallest absolute Gasteiger partial charge is 0.408 e. The molecule has 36 heavy (non-hydrogen) atoms. The van der Waals surface area contributed by atoms with E-state index < -0.39 is 11.6 Å². The van der Waals surface area contributed by atoms with Crippen LogP contribution in [-0.4, -0.2) is 61.5 Å². The molecule has 1 amide bonds. The highest BCUT2D eigenvalue weighted by Crippen LogP contribution is 2.31. The first-order chi connectivity index (χ1) is 17.1. The van der Waals surface area contributed by atoms with Crippen molar-refractivity contribution >= 4 is 51.7 Å². The summed E-state index contributed by atoms with van der Waals surface area (Å²) in [7, 11) is 0. The molecule has 0 unspecified atom stereocenters. The molecule has 4 heterocycles. The molecule has 1 fully saturated rings. The van der Waals surface area contributed by atoms with Crippen LogP contribution in [0.4, 0.5) is 22.0 Å². The Morgan fingerprint density at radius 2 is 1.97 bits per heavy atom. The van der Waals surface area contributed by atoms with Crippen molar-refractivity contribution in [3.63, 3.8) is 0 Å². The van der Waals surface area contributed by atoms with Crippen molar-refractivity contribution in [1.29, 1.82) is 0 Å². The second kappa shape index (κ2) is 10.3. The highest BCUT2D eigenvalue weighted by Gasteiger charge is 2.36. The SMILES string of the molecule is CCC(=O)c1cnc2ccc(Cl)nc2c1Nc1ccc(N2CCC[C@@H](N(C(=O)O)C(C)(C)C)C2)nc1. The molecule has 0 bridgehead atoms. The maximum atomic E-state index is 12.6. The molecule has 9 nitrogen and oxygen atoms in total. The summed E-state index contributed by atoms with van der Waals surface area (Å²) in [6.07, 6.45) is 4.39. The summed E-state index contributed by atoms with van der Waals surface area (Å²) in [6, 6.07) is 7.11. The van der Waals surface area contributed by atoms with Crippen molar-refractivity contribution in [2.45, 2.75) is 58.5 Å². The zero-order chi connectivity index (χ0) is 26.0. The zero-order valence-corrected chi connectivity index (χ0v) is 21.7. The molecule has 2 N–H and O–H groups in total. The fourth-order valence-electron chi connectivity index (χ4n) is 4.73. The van der Waals surface area contributed by atoms with Crippen LogP contribution in [0.15, 0.2) is 36.7 Å². The number of ketones is 1. The monoisotopic (exact) mass is 510 g/mol. The van der Waals surface area contributed by atoms with Gasteiger partial charge in [-0.1, -0.05) is 18.5 Å². The predicted octanol–water partition coefficient (Wildman–Crippen LogP) is 5.76. The molecule has 1 aliphatic heterocycles. The summed E-state index contributed by atoms with van der Waals surface area (Å²) >= 11 is 6.14. The number of carbonyl (C=O) groups excluding carboxylic acids is 1. The molecule has 3 aromatic heterocycles. The summed E-state index contributed by atoms with van der Waals surface area (Å²) in [5.74, 6) is 0.717. The lowest BCUT2D eigenvalue weighted by Crippen LogP contribution is -2.57. The fraction of sp³-hybridized carbons (Fsp3) is 0.423. The quantitative estimate of drug-likeness (QED) is 0.318. The Bertz CT molecular complexity index is 1280. The highest BCUT2D eigenvalue weighted by molar-refractivity contribution is 6.30. The largest absolute Gasteiger partial charge is 0.465 e. The van der Waals surface area contributed by atoms with Crippen LogP contribution >= 0.6 is 11.6 Å². The average molecular weight is 511 g/mol. The van der Waals surface area contributed by atoms with Crippen LogP contribution in [-0.2, 0) is 0 Å². The molecule has 0 spiro atoms. The van der Waals surface area contributed by atoms with Crippen molar-refractivity contribution in [2.24, 2.45) is 0 Å². The van der Waals surface area contributed by atoms with E-state index in [1.54, 1.807) is 36.4 Å². The van der Waals surface area contributed by atoms with Gasteiger partial charge in [0.2, 0.25) is 0 Å². The minimum absolute atomic E-state index is 0.0561. The van der Waals surface area contributed by atoms with Gasteiger partial charge in [-0.3, -0.25) is 14.7 Å². The van der Waals surface area contributed by atoms with Crippen molar-refractivity contribution in [3.8, 4) is 0 Å². The standard InChI is InChI=1S/C26H31ClN6O3/c1-5-20(34)18-14-28-19-9-10-21(27)31-24(19)23(18)30-16-8-11-22(29-13-16)32-12-6-7-17(15-32)33(25(35)36)26(2,3)4/h8-11,13-14,17H,5-7,12,15H2,1-4H3,(H,28,30)(H,35,36)/t17-/m1/s1. The molecule has 0 radical (unpaired) electrons. The molecule has 0 aromatic carbocycles. The van der Waals surface area contributed by atoms with E-state index in [9.17, 15) is 14.7 Å². The number of piperidine rings is 1. The first-order valence-corrected chi connectivity index (χ1v) is 12.4. The Morgan fingerprint density at radius 3 is 2.61 bits per heavy atom. The number of aromatic nitrogens is 3. The predicted molar refractivity (Wildman–Crippen MR) is 142 cm³/mol. The number of anilines is 3. The number of nitrogens with one attached hydrogen (secondary N) is 1. The van der Waals surface area contributed by atoms with E-state index in [2.05, 4.69) is 25.2 Å². The van der Waals surface area contributed by atoms with Crippen molar-refractivity contribution in [2.75, 3.05) is 23.3 Å². The molecule has 1 aliphatic rings. The van der Waals surface area contributed by atoms with Gasteiger partial charge in [-0.25, -0.2) is 14.8 Å². The number of Topliss-reactive ketones (excluding diaryl/α,β-unsaturated/α-hetero) is 1. The third-order valence-corrected chi connectivity index (χ3v) is 6.54. The van der Waals surface area contributed by atoms with Crippen LogP contribution in [0, 0.1) is 0 Å². The minimum Gasteiger partial charge on any atom is -0.465 e. The molecule has 0 aliphatic carbocycles. The van der Waals surface area contributed by atoms with Gasteiger partial charge in [0.15, 0.2) is 5.78 Å². The van der Waals surface area contributed by atoms with Crippen molar-refractivity contribution in [1.82, 2.24) is 19.9 Å². The lowest BCUT2D eigenvalue weighted by Gasteiger charge is -2.44. The molecule has 3 aromatic rings. The molecule has 1 atom stereocenters. The molecular weight excluding hydrogens is 480 g/mol. The number of carboxylic acid groups (broad SMARTS) is 1. The number of amides is 1. The number of carbonyl (C=O) groups is 2. The van der Waals surface area contributed by atoms with Crippen molar-refractivity contribution in [3.05, 3.63) is 47.4 Å². The minimum atomic E-state index is -0.905. The second-order valence-corrected chi connectivity index (χ2v) is 10.3. The number of hydrogen-bond acceptors (Lipinski definition) is 7. The van der Waals surface area contributed by atoms with Crippen molar-refractivity contribution < 1.29 is 14.7 Å². The molecule has 10 heteroatoms. The van der Waals surface area contributed by atoms with E-state index in [0.29, 0.717) is 46.1 Å². The first kappa shape index (κ1) is 25.6. The molecule has 4 rings (SSSR count). The zero-order valence-electron chi connectivity index (χ0n) is 21.0. The Labute approximate surface area is 215 Å². The van der Waals surface area contributed by atoms with Crippen LogP contribution in [0.5, 0.6) is 0 Å². The summed E-state index contributed by atoms with van der Waals surface area (Å²) in [5.41, 5.74) is 2.33. The van der Waals surface area contributed by atoms with Gasteiger partial charge in [-0.2, -0.15) is 0 Å². The van der Waals surface area contributed by atoms with Gasteiger partial charge in [0.25, 0.3) is 0 Å². The average Bonchev–Trinajstić information content (AvgIpc) is 2.83. The van der Waals surface area contributed by atoms with E-state index in [0.717, 1.165) is 25.2 Å². The third kappa shape index (κ3) is 5.36. The van der Waals surface area contributed by atoms with Crippen LogP contribution in [0.1, 0.15) is 57.3 Å². The number of rotatable bonds is 6. The molecule has 190 valence electrons. The van der Waals surface area contributed by atoms with Gasteiger partial charge in [0.05, 0.1) is 34.7 Å². The second-order valence-electron chi connectivity index (χ2n) is 9.92. The van der Waals surface area contributed by atoms with Gasteiger partial charge < -0.3 is 15.3 Å². The summed E-state index contributed by atoms with van der Waals surface area (Å²) in [6.45, 7) is 8.94. The lowest BCUT2D eigenvalue weighted by molar-refractivity contribution is 0.0647. The number of fused-ring (bicyclic) bond motifs is 1. The fourth-order valence-corrected chi connectivity index (χ4v) is 4.87. The third-order valence-electron chi connectivity index (χ3n) is 6.33. The number of nitrogens with zero attached hydrogens (tertiary/aromatic N) is 5. The number of pyridine rings is 3. The van der Waals surface area contributed by atoms with Gasteiger partial charge >= 0.3 is 6.09 Å². The van der Waals surface area contributed by atoms with Gasteiger partial charge in [0, 0.05) is 31.2 Å². The van der Waals surface area contributed by atoms with Crippen LogP contribution in [0.25, 0.3) is 11.0 Å². The Morgan fingerprint density at radius 1 is 1.19 bits per heavy atom. The van der Waals surface area contributed by atoms with Crippen LogP contribution in [0.3, 0.4) is 0 Å². The van der Waals surface area contributed by atoms with Crippen LogP contribution < -0.4 is 10.2 Å². The maximum absolute atomic E-state index is 12.6. The van der Waals surface area contributed by atoms with E-state index in [4.69, 9.17) is 11.6 Å². The Kier molecular flexibility index (Phi) is 7.31. The highest BCUT2D eigenvalue weighted by atomic mass is 35.5. The lowest BCUT2D eigenvalue weighted by atomic mass is 9.97. The number of hydrogen-bond donors (Lipinski definition) is 2. The summed E-state index contributed by atoms with van der Waals surface area (Å²) < 4.78 is 0. The topological polar surface area (TPSA) is 112 Å². The van der Waals surface area contributed by atoms with E-state index in [1.165, 1.54) is 0 Å². The normalized spacial score (nSPS) is 16.1. The summed E-state index contributed by atoms with van der Waals surface area (Å²) in [4.78, 5) is 41.7. The van der Waals surface area contributed by atoms with E-state index in [1.807, 2.05) is 32.9 Å². The Balaban J connectivity index is 1.59. The van der Waals surface area contributed by atoms with Gasteiger partial charge in [-0.05, 0) is 57.9 Å². The van der Waals surface area contributed by atoms with Crippen LogP contribution in [0.2, 0.25) is 5.15 Å². The van der Waals surface area contributed by atoms with E-state index >= 15 is 0 Å². The molecule has 0 saturated carbocycles. The first-order valence-electron chi connectivity index (χ1n) is 12.1.